The Morgan fingerprint density at radius 2 is 1.75 bits per heavy atom. The molecule has 0 saturated carbocycles. The zero-order valence-corrected chi connectivity index (χ0v) is 15.7. The molecule has 3 aromatic carbocycles. The van der Waals surface area contributed by atoms with Gasteiger partial charge in [0.1, 0.15) is 5.75 Å². The van der Waals surface area contributed by atoms with E-state index >= 15 is 0 Å². The number of ether oxygens (including phenoxy) is 1. The Bertz CT molecular complexity index is 1080. The normalized spacial score (nSPS) is 10.7. The Hall–Kier alpha value is -3.32. The number of benzene rings is 3. The van der Waals surface area contributed by atoms with E-state index in [1.54, 1.807) is 0 Å². The van der Waals surface area contributed by atoms with Gasteiger partial charge in [-0.05, 0) is 35.0 Å². The number of aromatic nitrogens is 2. The van der Waals surface area contributed by atoms with Crippen LogP contribution in [0.3, 0.4) is 0 Å². The molecular weight excluding hydrogens is 374 g/mol. The number of nitrogens with zero attached hydrogens (tertiary/aromatic N) is 2. The highest BCUT2D eigenvalue weighted by molar-refractivity contribution is 7.99. The zero-order chi connectivity index (χ0) is 19.2. The maximum Gasteiger partial charge on any atom is 0.277 e. The fourth-order valence-corrected chi connectivity index (χ4v) is 3.19. The minimum atomic E-state index is -0.138. The molecule has 0 saturated heterocycles. The summed E-state index contributed by atoms with van der Waals surface area (Å²) in [6, 6.07) is 23.2. The van der Waals surface area contributed by atoms with Gasteiger partial charge in [0.2, 0.25) is 5.91 Å². The van der Waals surface area contributed by atoms with Crippen molar-refractivity contribution in [1.82, 2.24) is 10.2 Å². The largest absolute Gasteiger partial charge is 0.484 e. The second kappa shape index (κ2) is 8.58. The summed E-state index contributed by atoms with van der Waals surface area (Å²) in [7, 11) is 0. The Morgan fingerprint density at radius 3 is 2.61 bits per heavy atom. The molecular formula is C21H17N3O3S. The van der Waals surface area contributed by atoms with Crippen molar-refractivity contribution in [3.05, 3.63) is 78.7 Å². The Kier molecular flexibility index (Phi) is 5.53. The molecule has 0 unspecified atom stereocenters. The number of rotatable bonds is 7. The molecule has 7 heteroatoms. The first-order chi connectivity index (χ1) is 13.8. The van der Waals surface area contributed by atoms with Crippen LogP contribution < -0.4 is 10.1 Å². The average Bonchev–Trinajstić information content (AvgIpc) is 3.19. The molecule has 0 bridgehead atoms. The molecule has 4 rings (SSSR count). The fourth-order valence-electron chi connectivity index (χ4n) is 2.61. The molecule has 1 heterocycles. The fraction of sp³-hybridized carbons (Fsp3) is 0.0952. The molecule has 4 aromatic rings. The van der Waals surface area contributed by atoms with Crippen molar-refractivity contribution >= 4 is 34.1 Å². The number of hydrogen-bond donors (Lipinski definition) is 1. The number of anilines is 1. The highest BCUT2D eigenvalue weighted by atomic mass is 32.2. The molecule has 0 fully saturated rings. The van der Waals surface area contributed by atoms with E-state index < -0.39 is 0 Å². The van der Waals surface area contributed by atoms with E-state index in [2.05, 4.69) is 15.5 Å². The van der Waals surface area contributed by atoms with Gasteiger partial charge in [0.25, 0.3) is 11.1 Å². The number of thioether (sulfide) groups is 1. The number of amides is 1. The van der Waals surface area contributed by atoms with Crippen molar-refractivity contribution in [2.24, 2.45) is 0 Å². The van der Waals surface area contributed by atoms with Crippen molar-refractivity contribution in [2.45, 2.75) is 11.8 Å². The third-order valence-corrected chi connectivity index (χ3v) is 4.73. The second-order valence-corrected chi connectivity index (χ2v) is 6.89. The molecule has 0 spiro atoms. The monoisotopic (exact) mass is 391 g/mol. The van der Waals surface area contributed by atoms with Crippen LogP contribution in [0.1, 0.15) is 5.89 Å². The van der Waals surface area contributed by atoms with Crippen molar-refractivity contribution < 1.29 is 13.9 Å². The van der Waals surface area contributed by atoms with Gasteiger partial charge in [-0.15, -0.1) is 10.2 Å². The van der Waals surface area contributed by atoms with Crippen LogP contribution in [0.4, 0.5) is 5.69 Å². The lowest BCUT2D eigenvalue weighted by Gasteiger charge is -2.05. The summed E-state index contributed by atoms with van der Waals surface area (Å²) in [5.74, 6) is 1.13. The molecule has 0 aliphatic rings. The molecule has 0 aliphatic heterocycles. The van der Waals surface area contributed by atoms with Crippen molar-refractivity contribution in [2.75, 3.05) is 11.1 Å². The van der Waals surface area contributed by atoms with Crippen LogP contribution in [0.2, 0.25) is 0 Å². The summed E-state index contributed by atoms with van der Waals surface area (Å²) in [6.45, 7) is 0.181. The van der Waals surface area contributed by atoms with Gasteiger partial charge in [0.15, 0.2) is 6.61 Å². The summed E-state index contributed by atoms with van der Waals surface area (Å²) in [6.07, 6.45) is 0. The van der Waals surface area contributed by atoms with Gasteiger partial charge < -0.3 is 14.5 Å². The summed E-state index contributed by atoms with van der Waals surface area (Å²) in [4.78, 5) is 12.2. The van der Waals surface area contributed by atoms with Gasteiger partial charge in [-0.25, -0.2) is 0 Å². The molecule has 140 valence electrons. The summed E-state index contributed by atoms with van der Waals surface area (Å²) >= 11 is 1.19. The minimum absolute atomic E-state index is 0.138. The first-order valence-corrected chi connectivity index (χ1v) is 9.66. The maximum absolute atomic E-state index is 12.2. The van der Waals surface area contributed by atoms with Gasteiger partial charge in [-0.1, -0.05) is 60.3 Å². The average molecular weight is 391 g/mol. The molecule has 28 heavy (non-hydrogen) atoms. The van der Waals surface area contributed by atoms with E-state index in [9.17, 15) is 4.79 Å². The van der Waals surface area contributed by atoms with E-state index in [4.69, 9.17) is 9.15 Å². The lowest BCUT2D eigenvalue weighted by atomic mass is 10.1. The highest BCUT2D eigenvalue weighted by Crippen LogP contribution is 2.21. The maximum atomic E-state index is 12.2. The van der Waals surface area contributed by atoms with Gasteiger partial charge in [0, 0.05) is 5.69 Å². The van der Waals surface area contributed by atoms with E-state index in [0.717, 1.165) is 22.2 Å². The molecule has 0 aliphatic carbocycles. The SMILES string of the molecule is O=C(CSc1nnc(COc2ccccc2)o1)Nc1ccc2ccccc2c1. The number of hydrogen-bond acceptors (Lipinski definition) is 6. The Labute approximate surface area is 165 Å². The first-order valence-electron chi connectivity index (χ1n) is 8.68. The van der Waals surface area contributed by atoms with Crippen LogP contribution in [0.15, 0.2) is 82.4 Å². The number of fused-ring (bicyclic) bond motifs is 1. The van der Waals surface area contributed by atoms with Crippen LogP contribution in [0, 0.1) is 0 Å². The predicted molar refractivity (Wildman–Crippen MR) is 108 cm³/mol. The van der Waals surface area contributed by atoms with E-state index in [0.29, 0.717) is 11.1 Å². The van der Waals surface area contributed by atoms with Crippen LogP contribution in [0.5, 0.6) is 5.75 Å². The van der Waals surface area contributed by atoms with Crippen LogP contribution in [0.25, 0.3) is 10.8 Å². The van der Waals surface area contributed by atoms with E-state index in [-0.39, 0.29) is 18.3 Å². The van der Waals surface area contributed by atoms with Crippen molar-refractivity contribution in [3.8, 4) is 5.75 Å². The number of para-hydroxylation sites is 1. The van der Waals surface area contributed by atoms with E-state index in [1.165, 1.54) is 11.8 Å². The first kappa shape index (κ1) is 18.1. The van der Waals surface area contributed by atoms with Gasteiger partial charge in [0.05, 0.1) is 5.75 Å². The smallest absolute Gasteiger partial charge is 0.277 e. The zero-order valence-electron chi connectivity index (χ0n) is 14.9. The van der Waals surface area contributed by atoms with Crippen LogP contribution in [-0.4, -0.2) is 21.9 Å². The second-order valence-electron chi connectivity index (χ2n) is 5.96. The molecule has 1 N–H and O–H groups in total. The van der Waals surface area contributed by atoms with Crippen LogP contribution >= 0.6 is 11.8 Å². The molecule has 0 atom stereocenters. The van der Waals surface area contributed by atoms with E-state index in [1.807, 2.05) is 72.8 Å². The number of carbonyl (C=O) groups excluding carboxylic acids is 1. The number of nitrogens with one attached hydrogen (secondary N) is 1. The molecule has 0 radical (unpaired) electrons. The quantitative estimate of drug-likeness (QED) is 0.466. The van der Waals surface area contributed by atoms with Gasteiger partial charge in [-0.3, -0.25) is 4.79 Å². The topological polar surface area (TPSA) is 77.2 Å². The van der Waals surface area contributed by atoms with Crippen molar-refractivity contribution in [1.29, 1.82) is 0 Å². The van der Waals surface area contributed by atoms with Gasteiger partial charge >= 0.3 is 0 Å². The summed E-state index contributed by atoms with van der Waals surface area (Å²) in [5.41, 5.74) is 0.756. The molecule has 1 amide bonds. The highest BCUT2D eigenvalue weighted by Gasteiger charge is 2.11. The third kappa shape index (κ3) is 4.69. The predicted octanol–water partition coefficient (Wildman–Crippen LogP) is 4.53. The van der Waals surface area contributed by atoms with Crippen LogP contribution in [-0.2, 0) is 11.4 Å². The summed E-state index contributed by atoms with van der Waals surface area (Å²) < 4.78 is 11.1. The standard InChI is InChI=1S/C21H17N3O3S/c25-19(22-17-11-10-15-6-4-5-7-16(15)12-17)14-28-21-24-23-20(27-21)13-26-18-8-2-1-3-9-18/h1-12H,13-14H2,(H,22,25). The lowest BCUT2D eigenvalue weighted by Crippen LogP contribution is -2.13. The lowest BCUT2D eigenvalue weighted by molar-refractivity contribution is -0.113. The molecule has 6 nitrogen and oxygen atoms in total. The number of carbonyl (C=O) groups is 1. The Morgan fingerprint density at radius 1 is 0.964 bits per heavy atom. The molecule has 1 aromatic heterocycles. The van der Waals surface area contributed by atoms with Crippen molar-refractivity contribution in [3.63, 3.8) is 0 Å². The summed E-state index contributed by atoms with van der Waals surface area (Å²) in [5, 5.41) is 13.3. The van der Waals surface area contributed by atoms with Gasteiger partial charge in [-0.2, -0.15) is 0 Å². The minimum Gasteiger partial charge on any atom is -0.484 e. The Balaban J connectivity index is 1.28. The third-order valence-electron chi connectivity index (χ3n) is 3.91.